The Labute approximate surface area is 140 Å². The third kappa shape index (κ3) is 3.40. The van der Waals surface area contributed by atoms with Gasteiger partial charge in [-0.3, -0.25) is 4.79 Å². The number of hydrogen-bond acceptors (Lipinski definition) is 5. The molecule has 1 unspecified atom stereocenters. The van der Waals surface area contributed by atoms with E-state index in [0.717, 1.165) is 5.56 Å². The molecule has 5 heteroatoms. The van der Waals surface area contributed by atoms with E-state index in [1.807, 2.05) is 19.1 Å². The first-order valence-corrected chi connectivity index (χ1v) is 7.76. The lowest BCUT2D eigenvalue weighted by Gasteiger charge is -2.19. The molecule has 0 N–H and O–H groups in total. The number of hydrogen-bond donors (Lipinski definition) is 0. The first-order chi connectivity index (χ1) is 11.5. The lowest BCUT2D eigenvalue weighted by molar-refractivity contribution is 0.0318. The van der Waals surface area contributed by atoms with Crippen LogP contribution in [-0.4, -0.2) is 31.1 Å². The minimum Gasteiger partial charge on any atom is -0.486 e. The molecule has 1 aliphatic heterocycles. The van der Waals surface area contributed by atoms with E-state index in [2.05, 4.69) is 0 Å². The predicted molar refractivity (Wildman–Crippen MR) is 87.8 cm³/mol. The molecule has 2 aromatic carbocycles. The van der Waals surface area contributed by atoms with E-state index in [1.165, 1.54) is 0 Å². The van der Waals surface area contributed by atoms with E-state index < -0.39 is 12.1 Å². The van der Waals surface area contributed by atoms with Crippen LogP contribution >= 0.6 is 0 Å². The van der Waals surface area contributed by atoms with Gasteiger partial charge in [-0.2, -0.15) is 0 Å². The Morgan fingerprint density at radius 2 is 1.58 bits per heavy atom. The third-order valence-electron chi connectivity index (χ3n) is 3.77. The SMILES string of the molecule is Cc1ccc(C(=O)C(C)OC(=O)c2ccc3c(c2)OCCO3)cc1. The molecule has 0 radical (unpaired) electrons. The number of aryl methyl sites for hydroxylation is 1. The van der Waals surface area contributed by atoms with E-state index >= 15 is 0 Å². The standard InChI is InChI=1S/C19H18O5/c1-12-3-5-14(6-4-12)18(20)13(2)24-19(21)15-7-8-16-17(11-15)23-10-9-22-16/h3-8,11,13H,9-10H2,1-2H3. The zero-order valence-corrected chi connectivity index (χ0v) is 13.6. The van der Waals surface area contributed by atoms with Crippen molar-refractivity contribution >= 4 is 11.8 Å². The molecule has 0 aromatic heterocycles. The van der Waals surface area contributed by atoms with Gasteiger partial charge in [0.2, 0.25) is 5.78 Å². The summed E-state index contributed by atoms with van der Waals surface area (Å²) in [5.41, 5.74) is 1.90. The van der Waals surface area contributed by atoms with Crippen molar-refractivity contribution in [3.63, 3.8) is 0 Å². The molecule has 0 bridgehead atoms. The molecule has 5 nitrogen and oxygen atoms in total. The van der Waals surface area contributed by atoms with Gasteiger partial charge in [-0.15, -0.1) is 0 Å². The molecule has 0 fully saturated rings. The fourth-order valence-corrected chi connectivity index (χ4v) is 2.40. The van der Waals surface area contributed by atoms with Crippen LogP contribution in [0.25, 0.3) is 0 Å². The summed E-state index contributed by atoms with van der Waals surface area (Å²) in [6.07, 6.45) is -0.867. The van der Waals surface area contributed by atoms with Crippen LogP contribution < -0.4 is 9.47 Å². The topological polar surface area (TPSA) is 61.8 Å². The maximum absolute atomic E-state index is 12.3. The largest absolute Gasteiger partial charge is 0.486 e. The van der Waals surface area contributed by atoms with Crippen molar-refractivity contribution in [1.82, 2.24) is 0 Å². The molecule has 2 aromatic rings. The van der Waals surface area contributed by atoms with Gasteiger partial charge in [-0.25, -0.2) is 4.79 Å². The fraction of sp³-hybridized carbons (Fsp3) is 0.263. The molecule has 0 aliphatic carbocycles. The van der Waals surface area contributed by atoms with Crippen LogP contribution in [-0.2, 0) is 4.74 Å². The second-order valence-electron chi connectivity index (χ2n) is 5.64. The second kappa shape index (κ2) is 6.74. The van der Waals surface area contributed by atoms with Crippen LogP contribution in [0.2, 0.25) is 0 Å². The molecule has 1 aliphatic rings. The summed E-state index contributed by atoms with van der Waals surface area (Å²) >= 11 is 0. The van der Waals surface area contributed by atoms with Crippen molar-refractivity contribution in [2.45, 2.75) is 20.0 Å². The molecule has 0 saturated heterocycles. The maximum Gasteiger partial charge on any atom is 0.338 e. The van der Waals surface area contributed by atoms with Crippen molar-refractivity contribution < 1.29 is 23.8 Å². The van der Waals surface area contributed by atoms with E-state index in [-0.39, 0.29) is 5.78 Å². The van der Waals surface area contributed by atoms with E-state index in [4.69, 9.17) is 14.2 Å². The smallest absolute Gasteiger partial charge is 0.338 e. The maximum atomic E-state index is 12.3. The number of carbonyl (C=O) groups is 2. The Hall–Kier alpha value is -2.82. The van der Waals surface area contributed by atoms with Gasteiger partial charge < -0.3 is 14.2 Å². The Morgan fingerprint density at radius 3 is 2.29 bits per heavy atom. The first-order valence-electron chi connectivity index (χ1n) is 7.76. The van der Waals surface area contributed by atoms with Crippen LogP contribution in [0.4, 0.5) is 0 Å². The average Bonchev–Trinajstić information content (AvgIpc) is 2.61. The van der Waals surface area contributed by atoms with Crippen LogP contribution in [0.3, 0.4) is 0 Å². The molecule has 0 spiro atoms. The molecule has 0 saturated carbocycles. The van der Waals surface area contributed by atoms with Crippen LogP contribution in [0.15, 0.2) is 42.5 Å². The second-order valence-corrected chi connectivity index (χ2v) is 5.64. The fourth-order valence-electron chi connectivity index (χ4n) is 2.40. The molecular weight excluding hydrogens is 308 g/mol. The lowest BCUT2D eigenvalue weighted by atomic mass is 10.1. The Kier molecular flexibility index (Phi) is 4.51. The van der Waals surface area contributed by atoms with Gasteiger partial charge >= 0.3 is 5.97 Å². The number of benzene rings is 2. The third-order valence-corrected chi connectivity index (χ3v) is 3.77. The number of Topliss-reactive ketones (excluding diaryl/α,β-unsaturated/α-hetero) is 1. The average molecular weight is 326 g/mol. The predicted octanol–water partition coefficient (Wildman–Crippen LogP) is 3.19. The number of rotatable bonds is 4. The Bertz CT molecular complexity index is 764. The van der Waals surface area contributed by atoms with E-state index in [1.54, 1.807) is 37.3 Å². The first kappa shape index (κ1) is 16.1. The highest BCUT2D eigenvalue weighted by molar-refractivity contribution is 6.01. The summed E-state index contributed by atoms with van der Waals surface area (Å²) in [5.74, 6) is 0.302. The highest BCUT2D eigenvalue weighted by Crippen LogP contribution is 2.31. The van der Waals surface area contributed by atoms with Crippen molar-refractivity contribution in [3.05, 3.63) is 59.2 Å². The number of carbonyl (C=O) groups excluding carboxylic acids is 2. The number of ether oxygens (including phenoxy) is 3. The van der Waals surface area contributed by atoms with E-state index in [9.17, 15) is 9.59 Å². The summed E-state index contributed by atoms with van der Waals surface area (Å²) in [6.45, 7) is 4.43. The van der Waals surface area contributed by atoms with Crippen molar-refractivity contribution in [2.75, 3.05) is 13.2 Å². The van der Waals surface area contributed by atoms with Crippen molar-refractivity contribution in [2.24, 2.45) is 0 Å². The molecule has 0 amide bonds. The number of esters is 1. The van der Waals surface area contributed by atoms with Gasteiger partial charge in [0.05, 0.1) is 5.56 Å². The number of ketones is 1. The highest BCUT2D eigenvalue weighted by atomic mass is 16.6. The Balaban J connectivity index is 1.69. The zero-order valence-electron chi connectivity index (χ0n) is 13.6. The lowest BCUT2D eigenvalue weighted by Crippen LogP contribution is -2.24. The molecule has 1 atom stereocenters. The van der Waals surface area contributed by atoms with Gasteiger partial charge in [-0.05, 0) is 32.0 Å². The highest BCUT2D eigenvalue weighted by Gasteiger charge is 2.22. The van der Waals surface area contributed by atoms with Crippen LogP contribution in [0.5, 0.6) is 11.5 Å². The van der Waals surface area contributed by atoms with Crippen LogP contribution in [0, 0.1) is 6.92 Å². The summed E-state index contributed by atoms with van der Waals surface area (Å²) < 4.78 is 16.2. The van der Waals surface area contributed by atoms with Gasteiger partial charge in [0.1, 0.15) is 13.2 Å². The van der Waals surface area contributed by atoms with Crippen LogP contribution in [0.1, 0.15) is 33.2 Å². The normalized spacial score (nSPS) is 13.9. The summed E-state index contributed by atoms with van der Waals surface area (Å²) in [7, 11) is 0. The minimum atomic E-state index is -0.867. The molecular formula is C19H18O5. The molecule has 124 valence electrons. The van der Waals surface area contributed by atoms with Gasteiger partial charge in [-0.1, -0.05) is 29.8 Å². The summed E-state index contributed by atoms with van der Waals surface area (Å²) in [6, 6.07) is 12.0. The van der Waals surface area contributed by atoms with Gasteiger partial charge in [0.25, 0.3) is 0 Å². The van der Waals surface area contributed by atoms with E-state index in [0.29, 0.717) is 35.8 Å². The summed E-state index contributed by atoms with van der Waals surface area (Å²) in [4.78, 5) is 24.6. The van der Waals surface area contributed by atoms with Crippen molar-refractivity contribution in [1.29, 1.82) is 0 Å². The summed E-state index contributed by atoms with van der Waals surface area (Å²) in [5, 5.41) is 0. The van der Waals surface area contributed by atoms with Gasteiger partial charge in [0.15, 0.2) is 17.6 Å². The minimum absolute atomic E-state index is 0.235. The van der Waals surface area contributed by atoms with Gasteiger partial charge in [0, 0.05) is 5.56 Å². The zero-order chi connectivity index (χ0) is 17.1. The monoisotopic (exact) mass is 326 g/mol. The van der Waals surface area contributed by atoms with Crippen molar-refractivity contribution in [3.8, 4) is 11.5 Å². The number of fused-ring (bicyclic) bond motifs is 1. The molecule has 1 heterocycles. The molecule has 24 heavy (non-hydrogen) atoms. The quantitative estimate of drug-likeness (QED) is 0.638. The molecule has 3 rings (SSSR count). The Morgan fingerprint density at radius 1 is 0.958 bits per heavy atom.